The van der Waals surface area contributed by atoms with Gasteiger partial charge in [-0.2, -0.15) is 0 Å². The lowest BCUT2D eigenvalue weighted by molar-refractivity contribution is -0.394. The summed E-state index contributed by atoms with van der Waals surface area (Å²) in [5.74, 6) is -5.49. The van der Waals surface area contributed by atoms with E-state index in [-0.39, 0.29) is 13.2 Å². The summed E-state index contributed by atoms with van der Waals surface area (Å²) in [6.07, 6.45) is -12.2. The summed E-state index contributed by atoms with van der Waals surface area (Å²) in [7, 11) is 0. The van der Waals surface area contributed by atoms with Gasteiger partial charge in [0.1, 0.15) is 37.1 Å². The number of nitrogens with one attached hydrogen (secondary N) is 1. The zero-order chi connectivity index (χ0) is 37.7. The summed E-state index contributed by atoms with van der Waals surface area (Å²) < 4.78 is 56.6. The van der Waals surface area contributed by atoms with Crippen LogP contribution in [-0.4, -0.2) is 114 Å². The molecule has 1 aromatic rings. The summed E-state index contributed by atoms with van der Waals surface area (Å²) in [6.45, 7) is 7.15. The van der Waals surface area contributed by atoms with Crippen molar-refractivity contribution in [3.8, 4) is 0 Å². The van der Waals surface area contributed by atoms with E-state index in [1.165, 1.54) is 0 Å². The molecule has 19 heteroatoms. The van der Waals surface area contributed by atoms with Crippen molar-refractivity contribution in [3.05, 3.63) is 35.9 Å². The average Bonchev–Trinajstić information content (AvgIpc) is 3.02. The normalized spacial score (nSPS) is 31.7. The Labute approximate surface area is 308 Å². The Morgan fingerprint density at radius 1 is 0.824 bits per heavy atom. The minimum Gasteiger partial charge on any atom is -0.463 e. The van der Waals surface area contributed by atoms with Crippen molar-refractivity contribution in [1.29, 1.82) is 0 Å². The summed E-state index contributed by atoms with van der Waals surface area (Å²) in [4.78, 5) is 62.1. The van der Waals surface area contributed by atoms with Gasteiger partial charge in [-0.05, 0) is 19.4 Å². The van der Waals surface area contributed by atoms with Crippen molar-refractivity contribution in [2.75, 3.05) is 13.2 Å². The number of carbonyl (C=O) groups is 5. The molecule has 0 radical (unpaired) electrons. The Morgan fingerprint density at radius 2 is 1.43 bits per heavy atom. The van der Waals surface area contributed by atoms with E-state index in [0.717, 1.165) is 33.3 Å². The fourth-order valence-electron chi connectivity index (χ4n) is 5.72. The second kappa shape index (κ2) is 17.4. The van der Waals surface area contributed by atoms with E-state index in [9.17, 15) is 24.0 Å². The molecule has 0 bridgehead atoms. The van der Waals surface area contributed by atoms with Gasteiger partial charge in [0.05, 0.1) is 13.2 Å². The minimum atomic E-state index is -2.45. The zero-order valence-corrected chi connectivity index (χ0v) is 30.8. The molecule has 51 heavy (non-hydrogen) atoms. The van der Waals surface area contributed by atoms with Crippen molar-refractivity contribution < 1.29 is 71.3 Å². The van der Waals surface area contributed by atoms with Crippen LogP contribution in [0, 0.1) is 0 Å². The first-order chi connectivity index (χ1) is 23.8. The van der Waals surface area contributed by atoms with Gasteiger partial charge in [-0.1, -0.05) is 65.1 Å². The fraction of sp³-hybridized carbons (Fsp3) is 0.656. The molecule has 3 heterocycles. The topological polar surface area (TPSA) is 190 Å². The summed E-state index contributed by atoms with van der Waals surface area (Å²) in [6, 6.07) is 7.73. The van der Waals surface area contributed by atoms with E-state index < -0.39 is 107 Å². The monoisotopic (exact) mass is 783 g/mol. The molecule has 0 aliphatic carbocycles. The number of hydrogen-bond acceptors (Lipinski definition) is 15. The highest BCUT2D eigenvalue weighted by Crippen LogP contribution is 2.38. The molecule has 4 rings (SSSR count). The first-order valence-corrected chi connectivity index (χ1v) is 16.9. The molecule has 0 aromatic heterocycles. The molecule has 1 N–H and O–H groups in total. The summed E-state index contributed by atoms with van der Waals surface area (Å²) >= 11 is 17.9. The van der Waals surface area contributed by atoms with Gasteiger partial charge in [0.15, 0.2) is 36.7 Å². The van der Waals surface area contributed by atoms with E-state index in [4.69, 9.17) is 82.2 Å². The quantitative estimate of drug-likeness (QED) is 0.196. The van der Waals surface area contributed by atoms with Gasteiger partial charge < -0.3 is 52.7 Å². The standard InChI is InChI=1S/C32H40Cl3NO15/c1-15(37)42-13-20-23(45-16(2)38)26(46-17(3)39)27(47-18(4)40)29(49-20)50-25-22(36-30(41)32(33,34)35)28(43-12-19-10-8-7-9-11-19)48-21-14-44-31(5,6)51-24(21)25/h7-11,20-29H,12-14H2,1-6H3,(H,36,41). The Morgan fingerprint density at radius 3 is 2.02 bits per heavy atom. The van der Waals surface area contributed by atoms with Gasteiger partial charge in [-0.3, -0.25) is 24.0 Å². The van der Waals surface area contributed by atoms with Gasteiger partial charge in [-0.25, -0.2) is 0 Å². The van der Waals surface area contributed by atoms with Crippen LogP contribution in [0.25, 0.3) is 0 Å². The number of carbonyl (C=O) groups excluding carboxylic acids is 5. The molecule has 1 amide bonds. The number of alkyl halides is 3. The molecule has 10 unspecified atom stereocenters. The number of ether oxygens (including phenoxy) is 10. The number of rotatable bonds is 11. The maximum absolute atomic E-state index is 13.2. The molecule has 3 fully saturated rings. The maximum atomic E-state index is 13.2. The van der Waals surface area contributed by atoms with Crippen LogP contribution in [0.15, 0.2) is 30.3 Å². The molecule has 3 aliphatic heterocycles. The molecular formula is C32H40Cl3NO15. The lowest BCUT2D eigenvalue weighted by atomic mass is 9.93. The molecule has 0 saturated carbocycles. The summed E-state index contributed by atoms with van der Waals surface area (Å²) in [5, 5.41) is 2.61. The van der Waals surface area contributed by atoms with E-state index >= 15 is 0 Å². The van der Waals surface area contributed by atoms with Crippen LogP contribution in [0.3, 0.4) is 0 Å². The van der Waals surface area contributed by atoms with Crippen molar-refractivity contribution in [2.24, 2.45) is 0 Å². The number of esters is 4. The lowest BCUT2D eigenvalue weighted by Gasteiger charge is -2.53. The third kappa shape index (κ3) is 11.3. The van der Waals surface area contributed by atoms with Gasteiger partial charge in [0.2, 0.25) is 0 Å². The molecule has 284 valence electrons. The highest BCUT2D eigenvalue weighted by atomic mass is 35.6. The van der Waals surface area contributed by atoms with Crippen molar-refractivity contribution in [2.45, 2.75) is 119 Å². The highest BCUT2D eigenvalue weighted by molar-refractivity contribution is 6.76. The van der Waals surface area contributed by atoms with Gasteiger partial charge in [-0.15, -0.1) is 0 Å². The third-order valence-electron chi connectivity index (χ3n) is 7.71. The minimum absolute atomic E-state index is 0.00199. The fourth-order valence-corrected chi connectivity index (χ4v) is 5.88. The van der Waals surface area contributed by atoms with E-state index in [2.05, 4.69) is 5.32 Å². The number of amides is 1. The largest absolute Gasteiger partial charge is 0.463 e. The van der Waals surface area contributed by atoms with Crippen molar-refractivity contribution >= 4 is 64.6 Å². The van der Waals surface area contributed by atoms with Crippen LogP contribution < -0.4 is 5.32 Å². The van der Waals surface area contributed by atoms with Crippen LogP contribution >= 0.6 is 34.8 Å². The molecule has 1 aromatic carbocycles. The SMILES string of the molecule is CC(=O)OCC1OC(OC2C(NC(=O)C(Cl)(Cl)Cl)C(OCc3ccccc3)OC3COC(C)(C)OC32)C(OC(C)=O)C(OC(C)=O)C1OC(C)=O. The Bertz CT molecular complexity index is 1410. The van der Waals surface area contributed by atoms with Crippen LogP contribution in [0.2, 0.25) is 0 Å². The molecule has 3 aliphatic rings. The number of fused-ring (bicyclic) bond motifs is 1. The Hall–Kier alpha value is -2.80. The first kappa shape index (κ1) is 41.0. The van der Waals surface area contributed by atoms with Crippen LogP contribution in [0.5, 0.6) is 0 Å². The van der Waals surface area contributed by atoms with E-state index in [1.807, 2.05) is 6.07 Å². The Balaban J connectivity index is 1.81. The van der Waals surface area contributed by atoms with Gasteiger partial charge in [0, 0.05) is 27.7 Å². The van der Waals surface area contributed by atoms with E-state index in [1.54, 1.807) is 38.1 Å². The number of hydrogen-bond donors (Lipinski definition) is 1. The maximum Gasteiger partial charge on any atom is 0.303 e. The van der Waals surface area contributed by atoms with Gasteiger partial charge in [0.25, 0.3) is 9.70 Å². The van der Waals surface area contributed by atoms with Crippen molar-refractivity contribution in [1.82, 2.24) is 5.32 Å². The second-order valence-electron chi connectivity index (χ2n) is 12.3. The lowest BCUT2D eigenvalue weighted by Crippen LogP contribution is -2.71. The van der Waals surface area contributed by atoms with Crippen molar-refractivity contribution in [3.63, 3.8) is 0 Å². The Kier molecular flexibility index (Phi) is 13.9. The smallest absolute Gasteiger partial charge is 0.303 e. The molecule has 3 saturated heterocycles. The number of halogens is 3. The number of benzene rings is 1. The van der Waals surface area contributed by atoms with Crippen LogP contribution in [0.1, 0.15) is 47.1 Å². The predicted molar refractivity (Wildman–Crippen MR) is 174 cm³/mol. The molecule has 10 atom stereocenters. The zero-order valence-electron chi connectivity index (χ0n) is 28.5. The molecule has 0 spiro atoms. The first-order valence-electron chi connectivity index (χ1n) is 15.8. The third-order valence-corrected chi connectivity index (χ3v) is 8.23. The van der Waals surface area contributed by atoms with Crippen LogP contribution in [0.4, 0.5) is 0 Å². The average molecular weight is 785 g/mol. The second-order valence-corrected chi connectivity index (χ2v) is 14.6. The molecular weight excluding hydrogens is 745 g/mol. The van der Waals surface area contributed by atoms with Gasteiger partial charge >= 0.3 is 23.9 Å². The highest BCUT2D eigenvalue weighted by Gasteiger charge is 2.58. The van der Waals surface area contributed by atoms with E-state index in [0.29, 0.717) is 0 Å². The molecule has 16 nitrogen and oxygen atoms in total. The van der Waals surface area contributed by atoms with Crippen LogP contribution in [-0.2, 0) is 77.9 Å². The predicted octanol–water partition coefficient (Wildman–Crippen LogP) is 2.40. The summed E-state index contributed by atoms with van der Waals surface area (Å²) in [5.41, 5.74) is 0.754.